The molecule has 120 valence electrons. The first-order valence-electron chi connectivity index (χ1n) is 7.29. The van der Waals surface area contributed by atoms with Crippen LogP contribution in [0, 0.1) is 0 Å². The van der Waals surface area contributed by atoms with Crippen molar-refractivity contribution in [1.82, 2.24) is 9.97 Å². The normalized spacial score (nSPS) is 9.80. The second-order valence-corrected chi connectivity index (χ2v) is 6.01. The molecule has 0 aliphatic heterocycles. The van der Waals surface area contributed by atoms with Crippen LogP contribution in [0.3, 0.4) is 0 Å². The highest BCUT2D eigenvalue weighted by Crippen LogP contribution is 2.20. The molecule has 0 fully saturated rings. The predicted molar refractivity (Wildman–Crippen MR) is 96.3 cm³/mol. The van der Waals surface area contributed by atoms with E-state index in [1.807, 2.05) is 12.1 Å². The van der Waals surface area contributed by atoms with E-state index in [9.17, 15) is 11.1 Å². The van der Waals surface area contributed by atoms with Gasteiger partial charge in [0.25, 0.3) is 0 Å². The molecule has 1 aromatic carbocycles. The maximum atomic E-state index is 9.49. The number of hydrogen-bond acceptors (Lipinski definition) is 2. The second kappa shape index (κ2) is 7.55. The van der Waals surface area contributed by atoms with Crippen LogP contribution < -0.4 is 0 Å². The molecule has 0 saturated carbocycles. The second-order valence-electron chi connectivity index (χ2n) is 5.10. The van der Waals surface area contributed by atoms with Gasteiger partial charge in [-0.3, -0.25) is 9.97 Å². The maximum absolute atomic E-state index is 9.49. The Morgan fingerprint density at radius 2 is 1.08 bits per heavy atom. The van der Waals surface area contributed by atoms with E-state index in [-0.39, 0.29) is 0 Å². The number of aromatic nitrogens is 2. The molecule has 2 heterocycles. The van der Waals surface area contributed by atoms with Gasteiger partial charge in [0.2, 0.25) is 0 Å². The molecule has 0 N–H and O–H groups in total. The Kier molecular flexibility index (Phi) is 5.02. The van der Waals surface area contributed by atoms with E-state index >= 15 is 0 Å². The summed E-state index contributed by atoms with van der Waals surface area (Å²) in [5.41, 5.74) is 22.5. The number of benzene rings is 1. The third-order valence-electron chi connectivity index (χ3n) is 3.55. The Hall–Kier alpha value is -3.24. The molecule has 0 spiro atoms. The first kappa shape index (κ1) is 16.6. The molecule has 25 heavy (non-hydrogen) atoms. The van der Waals surface area contributed by atoms with Crippen molar-refractivity contribution in [1.29, 1.82) is 0 Å². The van der Waals surface area contributed by atoms with E-state index in [2.05, 4.69) is 35.5 Å². The molecule has 3 aromatic rings. The van der Waals surface area contributed by atoms with Crippen LogP contribution in [0.5, 0.6) is 0 Å². The molecule has 7 heteroatoms. The van der Waals surface area contributed by atoms with Gasteiger partial charge >= 0.3 is 11.4 Å². The highest BCUT2D eigenvalue weighted by molar-refractivity contribution is 9.10. The Labute approximate surface area is 152 Å². The fourth-order valence-corrected chi connectivity index (χ4v) is 2.94. The summed E-state index contributed by atoms with van der Waals surface area (Å²) >= 11 is 3.46. The van der Waals surface area contributed by atoms with E-state index in [4.69, 9.17) is 0 Å². The molecular formula is C18H11BrN6. The molecule has 0 aliphatic rings. The molecule has 0 bridgehead atoms. The zero-order valence-corrected chi connectivity index (χ0v) is 14.5. The molecule has 0 unspecified atom stereocenters. The van der Waals surface area contributed by atoms with Crippen LogP contribution in [0.25, 0.3) is 11.1 Å². The Balaban J connectivity index is 2.13. The van der Waals surface area contributed by atoms with Crippen molar-refractivity contribution in [2.24, 2.45) is 0 Å². The quantitative estimate of drug-likeness (QED) is 0.387. The van der Waals surface area contributed by atoms with Crippen LogP contribution in [-0.4, -0.2) is 31.0 Å². The summed E-state index contributed by atoms with van der Waals surface area (Å²) in [6.07, 6.45) is 6.49. The third kappa shape index (κ3) is 3.65. The Morgan fingerprint density at radius 3 is 1.44 bits per heavy atom. The highest BCUT2D eigenvalue weighted by Gasteiger charge is 2.21. The summed E-state index contributed by atoms with van der Waals surface area (Å²) in [7, 11) is 0. The zero-order chi connectivity index (χ0) is 17.6. The van der Waals surface area contributed by atoms with Crippen LogP contribution in [0.1, 0.15) is 22.3 Å². The van der Waals surface area contributed by atoms with E-state index in [0.29, 0.717) is 33.7 Å². The van der Waals surface area contributed by atoms with Gasteiger partial charge in [0.05, 0.1) is 22.3 Å². The minimum Gasteiger partial charge on any atom is -0.361 e. The molecule has 0 aliphatic carbocycles. The molecule has 2 aromatic heterocycles. The summed E-state index contributed by atoms with van der Waals surface area (Å²) in [6.45, 7) is 0. The number of rotatable bonds is 4. The van der Waals surface area contributed by atoms with Crippen molar-refractivity contribution in [3.8, 4) is 0 Å². The van der Waals surface area contributed by atoms with Gasteiger partial charge in [-0.2, -0.15) is 9.58 Å². The first-order chi connectivity index (χ1) is 12.2. The number of pyridine rings is 2. The van der Waals surface area contributed by atoms with Gasteiger partial charge in [0.1, 0.15) is 0 Å². The van der Waals surface area contributed by atoms with Crippen molar-refractivity contribution in [2.75, 3.05) is 0 Å². The van der Waals surface area contributed by atoms with E-state index in [1.54, 1.807) is 55.1 Å². The number of nitrogens with zero attached hydrogens (tertiary/aromatic N) is 6. The van der Waals surface area contributed by atoms with Gasteiger partial charge < -0.3 is 11.1 Å². The average Bonchev–Trinajstić information content (AvgIpc) is 2.64. The minimum atomic E-state index is 0.386. The smallest absolute Gasteiger partial charge is 0.329 e. The Bertz CT molecular complexity index is 925. The predicted octanol–water partition coefficient (Wildman–Crippen LogP) is 3.37. The van der Waals surface area contributed by atoms with E-state index in [0.717, 1.165) is 4.47 Å². The molecule has 0 radical (unpaired) electrons. The van der Waals surface area contributed by atoms with Crippen molar-refractivity contribution < 1.29 is 9.58 Å². The molecule has 0 atom stereocenters. The monoisotopic (exact) mass is 390 g/mol. The highest BCUT2D eigenvalue weighted by atomic mass is 79.9. The van der Waals surface area contributed by atoms with Crippen LogP contribution >= 0.6 is 15.9 Å². The van der Waals surface area contributed by atoms with Crippen molar-refractivity contribution in [3.63, 3.8) is 0 Å². The maximum Gasteiger partial charge on any atom is 0.329 e. The first-order valence-corrected chi connectivity index (χ1v) is 8.08. The fraction of sp³-hybridized carbons (Fsp3) is 0. The SMILES string of the molecule is [N-]=[N+]=C(c1ccncc1)c1cc(Br)cc(C(=[N+]=[N-])c2ccncc2)c1. The van der Waals surface area contributed by atoms with Crippen LogP contribution in [0.2, 0.25) is 0 Å². The molecule has 3 rings (SSSR count). The average molecular weight is 391 g/mol. The number of halogens is 1. The van der Waals surface area contributed by atoms with E-state index in [1.165, 1.54) is 0 Å². The lowest BCUT2D eigenvalue weighted by atomic mass is 9.97. The summed E-state index contributed by atoms with van der Waals surface area (Å²) in [5, 5.41) is 0. The van der Waals surface area contributed by atoms with Gasteiger partial charge in [0.15, 0.2) is 0 Å². The van der Waals surface area contributed by atoms with Gasteiger partial charge in [-0.25, -0.2) is 0 Å². The van der Waals surface area contributed by atoms with Crippen LogP contribution in [-0.2, 0) is 0 Å². The van der Waals surface area contributed by atoms with Gasteiger partial charge in [-0.1, -0.05) is 15.9 Å². The van der Waals surface area contributed by atoms with Crippen LogP contribution in [0.4, 0.5) is 0 Å². The van der Waals surface area contributed by atoms with Gasteiger partial charge in [-0.15, -0.1) is 0 Å². The summed E-state index contributed by atoms with van der Waals surface area (Å²) < 4.78 is 0.755. The third-order valence-corrected chi connectivity index (χ3v) is 4.01. The standard InChI is InChI=1S/C18H11BrN6/c19-16-10-14(17(24-20)12-1-5-22-6-2-12)9-15(11-16)18(25-21)13-3-7-23-8-4-13/h1-11H. The lowest BCUT2D eigenvalue weighted by Gasteiger charge is -2.03. The molecule has 0 amide bonds. The largest absolute Gasteiger partial charge is 0.361 e. The van der Waals surface area contributed by atoms with Gasteiger partial charge in [0, 0.05) is 29.3 Å². The van der Waals surface area contributed by atoms with Crippen molar-refractivity contribution in [3.05, 3.63) is 105 Å². The summed E-state index contributed by atoms with van der Waals surface area (Å²) in [5.74, 6) is 0. The molecule has 0 saturated heterocycles. The lowest BCUT2D eigenvalue weighted by Crippen LogP contribution is -2.09. The summed E-state index contributed by atoms with van der Waals surface area (Å²) in [4.78, 5) is 14.8. The molecule has 6 nitrogen and oxygen atoms in total. The molecular weight excluding hydrogens is 380 g/mol. The van der Waals surface area contributed by atoms with Crippen LogP contribution in [0.15, 0.2) is 71.7 Å². The topological polar surface area (TPSA) is 98.6 Å². The fourth-order valence-electron chi connectivity index (χ4n) is 2.45. The zero-order valence-electron chi connectivity index (χ0n) is 12.9. The number of hydrogen-bond donors (Lipinski definition) is 0. The van der Waals surface area contributed by atoms with Crippen molar-refractivity contribution in [2.45, 2.75) is 0 Å². The lowest BCUT2D eigenvalue weighted by molar-refractivity contribution is -0.00290. The minimum absolute atomic E-state index is 0.386. The van der Waals surface area contributed by atoms with E-state index < -0.39 is 0 Å². The van der Waals surface area contributed by atoms with Gasteiger partial charge in [-0.05, 0) is 42.5 Å². The van der Waals surface area contributed by atoms with Crippen molar-refractivity contribution >= 4 is 27.4 Å². The Morgan fingerprint density at radius 1 is 0.680 bits per heavy atom. The summed E-state index contributed by atoms with van der Waals surface area (Å²) in [6, 6.07) is 12.4.